The van der Waals surface area contributed by atoms with Crippen LogP contribution in [0.2, 0.25) is 5.02 Å². The second kappa shape index (κ2) is 10.3. The van der Waals surface area contributed by atoms with Crippen LogP contribution in [0, 0.1) is 17.0 Å². The maximum absolute atomic E-state index is 15.4. The summed E-state index contributed by atoms with van der Waals surface area (Å²) in [6.07, 6.45) is -6.50. The first-order chi connectivity index (χ1) is 17.7. The van der Waals surface area contributed by atoms with Gasteiger partial charge in [0, 0.05) is 28.8 Å². The van der Waals surface area contributed by atoms with Gasteiger partial charge in [-0.2, -0.15) is 13.2 Å². The van der Waals surface area contributed by atoms with E-state index in [1.54, 1.807) is 0 Å². The smallest absolute Gasteiger partial charge is 0.425 e. The molecule has 0 saturated carbocycles. The lowest BCUT2D eigenvalue weighted by Crippen LogP contribution is -2.32. The molecule has 1 aliphatic heterocycles. The van der Waals surface area contributed by atoms with E-state index in [2.05, 4.69) is 15.3 Å². The van der Waals surface area contributed by atoms with Crippen molar-refractivity contribution in [2.75, 3.05) is 11.9 Å². The lowest BCUT2D eigenvalue weighted by molar-refractivity contribution is -0.189. The van der Waals surface area contributed by atoms with E-state index >= 15 is 4.39 Å². The number of aliphatic imine (C=N–C) groups is 1. The number of fused-ring (bicyclic) bond motifs is 1. The molecule has 0 saturated heterocycles. The number of nitrogens with zero attached hydrogens (tertiary/aromatic N) is 2. The Balaban J connectivity index is 1.80. The zero-order valence-corrected chi connectivity index (χ0v) is 22.3. The zero-order chi connectivity index (χ0) is 28.0. The number of hydrogen-bond donors (Lipinski definition) is 1. The number of anilines is 1. The molecule has 202 valence electrons. The van der Waals surface area contributed by atoms with Crippen molar-refractivity contribution in [3.05, 3.63) is 63.1 Å². The van der Waals surface area contributed by atoms with Gasteiger partial charge in [0.25, 0.3) is 5.91 Å². The van der Waals surface area contributed by atoms with Gasteiger partial charge < -0.3 is 10.1 Å². The van der Waals surface area contributed by atoms with Crippen molar-refractivity contribution in [1.82, 2.24) is 4.98 Å². The van der Waals surface area contributed by atoms with Gasteiger partial charge >= 0.3 is 6.18 Å². The van der Waals surface area contributed by atoms with E-state index < -0.39 is 46.8 Å². The van der Waals surface area contributed by atoms with Crippen LogP contribution in [0.15, 0.2) is 35.3 Å². The maximum atomic E-state index is 15.4. The fraction of sp³-hybridized carbons (Fsp3) is 0.346. The molecule has 3 aromatic rings. The molecule has 1 aromatic heterocycles. The molecule has 1 atom stereocenters. The van der Waals surface area contributed by atoms with Crippen LogP contribution in [0.4, 0.5) is 27.6 Å². The quantitative estimate of drug-likeness (QED) is 0.319. The largest absolute Gasteiger partial charge is 0.480 e. The van der Waals surface area contributed by atoms with Crippen LogP contribution >= 0.6 is 22.9 Å². The Morgan fingerprint density at radius 3 is 2.50 bits per heavy atom. The van der Waals surface area contributed by atoms with Crippen LogP contribution < -0.4 is 10.1 Å². The van der Waals surface area contributed by atoms with Crippen LogP contribution in [0.25, 0.3) is 10.6 Å². The minimum Gasteiger partial charge on any atom is -0.480 e. The molecule has 0 unspecified atom stereocenters. The third-order valence-corrected chi connectivity index (χ3v) is 7.21. The average Bonchev–Trinajstić information content (AvgIpc) is 3.25. The predicted molar refractivity (Wildman–Crippen MR) is 138 cm³/mol. The first-order valence-corrected chi connectivity index (χ1v) is 12.7. The molecule has 0 bridgehead atoms. The second-order valence-electron chi connectivity index (χ2n) is 9.70. The van der Waals surface area contributed by atoms with Crippen molar-refractivity contribution in [2.45, 2.75) is 46.4 Å². The normalized spacial score (nSPS) is 14.5. The summed E-state index contributed by atoms with van der Waals surface area (Å²) in [5, 5.41) is 2.25. The van der Waals surface area contributed by atoms with Gasteiger partial charge in [-0.1, -0.05) is 38.4 Å². The lowest BCUT2D eigenvalue weighted by atomic mass is 9.86. The number of aromatic nitrogens is 1. The number of hydrogen-bond acceptors (Lipinski definition) is 5. The molecular weight excluding hydrogens is 549 g/mol. The molecule has 12 heteroatoms. The van der Waals surface area contributed by atoms with Crippen molar-refractivity contribution in [3.63, 3.8) is 0 Å². The molecule has 2 heterocycles. The number of thiazole rings is 1. The summed E-state index contributed by atoms with van der Waals surface area (Å²) in [7, 11) is 0. The van der Waals surface area contributed by atoms with Crippen LogP contribution in [0.3, 0.4) is 0 Å². The van der Waals surface area contributed by atoms with Crippen LogP contribution in [0.1, 0.15) is 48.6 Å². The molecule has 0 aliphatic carbocycles. The number of ether oxygens (including phenoxy) is 1. The van der Waals surface area contributed by atoms with Crippen LogP contribution in [0.5, 0.6) is 5.75 Å². The molecule has 4 rings (SSSR count). The van der Waals surface area contributed by atoms with Gasteiger partial charge in [0.2, 0.25) is 0 Å². The van der Waals surface area contributed by atoms with Gasteiger partial charge in [-0.3, -0.25) is 9.79 Å². The fourth-order valence-electron chi connectivity index (χ4n) is 3.81. The molecule has 5 nitrogen and oxygen atoms in total. The molecule has 2 aromatic carbocycles. The molecule has 0 fully saturated rings. The highest BCUT2D eigenvalue weighted by Crippen LogP contribution is 2.39. The predicted octanol–water partition coefficient (Wildman–Crippen LogP) is 7.71. The van der Waals surface area contributed by atoms with Gasteiger partial charge in [0.15, 0.2) is 6.10 Å². The summed E-state index contributed by atoms with van der Waals surface area (Å²) in [5.41, 5.74) is -0.0693. The number of nitrogens with one attached hydrogen (secondary N) is 1. The number of alkyl halides is 3. The van der Waals surface area contributed by atoms with E-state index in [1.165, 1.54) is 23.5 Å². The highest BCUT2D eigenvalue weighted by Gasteiger charge is 2.39. The van der Waals surface area contributed by atoms with Crippen LogP contribution in [-0.4, -0.2) is 35.4 Å². The number of amides is 1. The fourth-order valence-corrected chi connectivity index (χ4v) is 5.08. The minimum absolute atomic E-state index is 0.137. The third-order valence-electron chi connectivity index (χ3n) is 5.75. The van der Waals surface area contributed by atoms with Gasteiger partial charge in [-0.15, -0.1) is 11.3 Å². The van der Waals surface area contributed by atoms with Crippen molar-refractivity contribution < 1.29 is 31.5 Å². The average molecular weight is 572 g/mol. The summed E-state index contributed by atoms with van der Waals surface area (Å²) >= 11 is 7.15. The van der Waals surface area contributed by atoms with E-state index in [0.29, 0.717) is 18.7 Å². The highest BCUT2D eigenvalue weighted by atomic mass is 35.5. The summed E-state index contributed by atoms with van der Waals surface area (Å²) in [6.45, 7) is 7.21. The van der Waals surface area contributed by atoms with Gasteiger partial charge in [0.05, 0.1) is 27.7 Å². The van der Waals surface area contributed by atoms with Gasteiger partial charge in [0.1, 0.15) is 22.4 Å². The van der Waals surface area contributed by atoms with E-state index in [9.17, 15) is 22.4 Å². The van der Waals surface area contributed by atoms with E-state index in [0.717, 1.165) is 35.7 Å². The van der Waals surface area contributed by atoms with Crippen molar-refractivity contribution in [2.24, 2.45) is 10.4 Å². The standard InChI is InChI=1S/C26H23ClF5N3O2S/c1-12(26(30,31)32)37-18-11-13(24-35-21-19(38-24)8-9-33-22(21)25(2,3)4)17(29)10-14(18)23(36)34-20-15(27)6-5-7-16(20)28/h5-7,10-12H,8-9H2,1-4H3,(H,34,36)/t12-/m0/s1. The third kappa shape index (κ3) is 5.68. The number of halogens is 6. The number of carbonyl (C=O) groups is 1. The zero-order valence-electron chi connectivity index (χ0n) is 20.8. The molecular formula is C26H23ClF5N3O2S. The molecule has 38 heavy (non-hydrogen) atoms. The van der Waals surface area contributed by atoms with Crippen molar-refractivity contribution >= 4 is 40.2 Å². The van der Waals surface area contributed by atoms with E-state index in [1.807, 2.05) is 20.8 Å². The Morgan fingerprint density at radius 1 is 1.16 bits per heavy atom. The van der Waals surface area contributed by atoms with E-state index in [-0.39, 0.29) is 21.0 Å². The number of rotatable bonds is 5. The molecule has 1 aliphatic rings. The van der Waals surface area contributed by atoms with Gasteiger partial charge in [-0.05, 0) is 31.2 Å². The number of para-hydroxylation sites is 1. The highest BCUT2D eigenvalue weighted by molar-refractivity contribution is 7.15. The van der Waals surface area contributed by atoms with Crippen LogP contribution in [-0.2, 0) is 6.42 Å². The Labute approximate surface area is 224 Å². The number of carbonyl (C=O) groups excluding carboxylic acids is 1. The Hall–Kier alpha value is -3.05. The Bertz CT molecular complexity index is 1410. The molecule has 0 spiro atoms. The lowest BCUT2D eigenvalue weighted by Gasteiger charge is -2.23. The number of benzene rings is 2. The summed E-state index contributed by atoms with van der Waals surface area (Å²) in [5.74, 6) is -3.44. The topological polar surface area (TPSA) is 63.6 Å². The maximum Gasteiger partial charge on any atom is 0.425 e. The van der Waals surface area contributed by atoms with Gasteiger partial charge in [-0.25, -0.2) is 13.8 Å². The monoisotopic (exact) mass is 571 g/mol. The summed E-state index contributed by atoms with van der Waals surface area (Å²) in [4.78, 5) is 23.0. The first-order valence-electron chi connectivity index (χ1n) is 11.5. The van der Waals surface area contributed by atoms with Crippen molar-refractivity contribution in [1.29, 1.82) is 0 Å². The second-order valence-corrected chi connectivity index (χ2v) is 11.2. The van der Waals surface area contributed by atoms with E-state index in [4.69, 9.17) is 16.3 Å². The summed E-state index contributed by atoms with van der Waals surface area (Å²) < 4.78 is 74.8. The first kappa shape index (κ1) is 28.0. The summed E-state index contributed by atoms with van der Waals surface area (Å²) in [6, 6.07) is 5.41. The molecule has 1 amide bonds. The SMILES string of the molecule is C[C@H](Oc1cc(-c2nc3c(s2)CCN=C3C(C)(C)C)c(F)cc1C(=O)Nc1c(F)cccc1Cl)C(F)(F)F. The minimum atomic E-state index is -4.77. The molecule has 1 N–H and O–H groups in total. The van der Waals surface area contributed by atoms with Crippen molar-refractivity contribution in [3.8, 4) is 16.3 Å². The Kier molecular flexibility index (Phi) is 7.55. The molecule has 0 radical (unpaired) electrons. The Morgan fingerprint density at radius 2 is 1.87 bits per heavy atom.